The topological polar surface area (TPSA) is 94.3 Å². The summed E-state index contributed by atoms with van der Waals surface area (Å²) in [4.78, 5) is -0.296. The Bertz CT molecular complexity index is 663. The van der Waals surface area contributed by atoms with Gasteiger partial charge in [0, 0.05) is 12.5 Å². The normalized spacial score (nSPS) is 14.3. The molecule has 1 atom stereocenters. The molecule has 19 heavy (non-hydrogen) atoms. The zero-order valence-corrected chi connectivity index (χ0v) is 12.9. The van der Waals surface area contributed by atoms with Crippen molar-refractivity contribution in [2.75, 3.05) is 19.1 Å². The van der Waals surface area contributed by atoms with Gasteiger partial charge in [-0.15, -0.1) is 0 Å². The van der Waals surface area contributed by atoms with E-state index in [-0.39, 0.29) is 15.7 Å². The van der Waals surface area contributed by atoms with Crippen molar-refractivity contribution in [3.63, 3.8) is 0 Å². The average Bonchev–Trinajstić information content (AvgIpc) is 2.26. The van der Waals surface area contributed by atoms with Gasteiger partial charge in [-0.1, -0.05) is 13.0 Å². The first-order valence-corrected chi connectivity index (χ1v) is 9.59. The minimum Gasteiger partial charge on any atom is -0.330 e. The molecule has 0 radical (unpaired) electrons. The maximum absolute atomic E-state index is 11.7. The fourth-order valence-electron chi connectivity index (χ4n) is 1.84. The van der Waals surface area contributed by atoms with E-state index in [0.29, 0.717) is 13.0 Å². The van der Waals surface area contributed by atoms with Crippen molar-refractivity contribution in [1.82, 2.24) is 0 Å². The molecule has 0 aliphatic heterocycles. The summed E-state index contributed by atoms with van der Waals surface area (Å²) in [6, 6.07) is 4.44. The van der Waals surface area contributed by atoms with Crippen molar-refractivity contribution in [3.05, 3.63) is 23.8 Å². The third kappa shape index (κ3) is 4.02. The molecule has 0 bridgehead atoms. The minimum atomic E-state index is -3.60. The highest BCUT2D eigenvalue weighted by atomic mass is 32.2. The first kappa shape index (κ1) is 16.1. The zero-order chi connectivity index (χ0) is 14.8. The standard InChI is InChI=1S/C12H19NO4S2/c1-9(6-7-13)10-4-5-11(18(2,14)15)12(8-10)19(3,16)17/h4-5,8-9H,6-7,13H2,1-3H3. The summed E-state index contributed by atoms with van der Waals surface area (Å²) < 4.78 is 46.7. The third-order valence-corrected chi connectivity index (χ3v) is 5.36. The van der Waals surface area contributed by atoms with Gasteiger partial charge in [-0.05, 0) is 36.6 Å². The number of sulfone groups is 2. The van der Waals surface area contributed by atoms with Gasteiger partial charge >= 0.3 is 0 Å². The third-order valence-electron chi connectivity index (χ3n) is 2.94. The highest BCUT2D eigenvalue weighted by Gasteiger charge is 2.21. The lowest BCUT2D eigenvalue weighted by atomic mass is 9.98. The fraction of sp³-hybridized carbons (Fsp3) is 0.500. The molecule has 1 aromatic rings. The largest absolute Gasteiger partial charge is 0.330 e. The number of rotatable bonds is 5. The molecule has 1 rings (SSSR count). The highest BCUT2D eigenvalue weighted by Crippen LogP contribution is 2.27. The molecule has 0 saturated heterocycles. The van der Waals surface area contributed by atoms with Gasteiger partial charge in [-0.2, -0.15) is 0 Å². The van der Waals surface area contributed by atoms with Crippen LogP contribution in [0, 0.1) is 0 Å². The van der Waals surface area contributed by atoms with Crippen LogP contribution in [0.25, 0.3) is 0 Å². The van der Waals surface area contributed by atoms with Crippen LogP contribution in [0.4, 0.5) is 0 Å². The summed E-state index contributed by atoms with van der Waals surface area (Å²) in [7, 11) is -7.17. The van der Waals surface area contributed by atoms with Crippen LogP contribution in [-0.2, 0) is 19.7 Å². The number of hydrogen-bond acceptors (Lipinski definition) is 5. The van der Waals surface area contributed by atoms with Crippen LogP contribution in [0.2, 0.25) is 0 Å². The second-order valence-electron chi connectivity index (χ2n) is 4.73. The second-order valence-corrected chi connectivity index (χ2v) is 8.70. The van der Waals surface area contributed by atoms with Crippen molar-refractivity contribution in [3.8, 4) is 0 Å². The van der Waals surface area contributed by atoms with Crippen molar-refractivity contribution < 1.29 is 16.8 Å². The molecule has 0 saturated carbocycles. The lowest BCUT2D eigenvalue weighted by Gasteiger charge is -2.14. The van der Waals surface area contributed by atoms with E-state index in [9.17, 15) is 16.8 Å². The molecular weight excluding hydrogens is 286 g/mol. The zero-order valence-electron chi connectivity index (χ0n) is 11.3. The molecule has 0 heterocycles. The fourth-order valence-corrected chi connectivity index (χ4v) is 4.28. The Morgan fingerprint density at radius 1 is 1.05 bits per heavy atom. The predicted octanol–water partition coefficient (Wildman–Crippen LogP) is 0.946. The van der Waals surface area contributed by atoms with Gasteiger partial charge in [-0.25, -0.2) is 16.8 Å². The summed E-state index contributed by atoms with van der Waals surface area (Å²) >= 11 is 0. The Labute approximate surface area is 114 Å². The SMILES string of the molecule is CC(CCN)c1ccc(S(C)(=O)=O)c(S(C)(=O)=O)c1. The van der Waals surface area contributed by atoms with E-state index < -0.39 is 19.7 Å². The number of benzene rings is 1. The molecular formula is C12H19NO4S2. The van der Waals surface area contributed by atoms with Crippen LogP contribution < -0.4 is 5.73 Å². The number of hydrogen-bond donors (Lipinski definition) is 1. The van der Waals surface area contributed by atoms with Gasteiger partial charge in [0.1, 0.15) is 0 Å². The molecule has 1 unspecified atom stereocenters. The second kappa shape index (κ2) is 5.60. The molecule has 7 heteroatoms. The van der Waals surface area contributed by atoms with Crippen molar-refractivity contribution in [2.24, 2.45) is 5.73 Å². The smallest absolute Gasteiger partial charge is 0.176 e. The summed E-state index contributed by atoms with van der Waals surface area (Å²) in [5, 5.41) is 0. The van der Waals surface area contributed by atoms with Crippen LogP contribution in [0.3, 0.4) is 0 Å². The van der Waals surface area contributed by atoms with E-state index in [4.69, 9.17) is 5.73 Å². The van der Waals surface area contributed by atoms with Crippen LogP contribution >= 0.6 is 0 Å². The average molecular weight is 305 g/mol. The Balaban J connectivity index is 3.49. The van der Waals surface area contributed by atoms with E-state index >= 15 is 0 Å². The minimum absolute atomic E-state index is 0.0825. The summed E-state index contributed by atoms with van der Waals surface area (Å²) in [5.74, 6) is 0.0825. The molecule has 0 aromatic heterocycles. The van der Waals surface area contributed by atoms with E-state index in [2.05, 4.69) is 0 Å². The monoisotopic (exact) mass is 305 g/mol. The van der Waals surface area contributed by atoms with E-state index in [1.165, 1.54) is 12.1 Å². The molecule has 2 N–H and O–H groups in total. The molecule has 0 aliphatic carbocycles. The maximum Gasteiger partial charge on any atom is 0.176 e. The van der Waals surface area contributed by atoms with Gasteiger partial charge in [0.25, 0.3) is 0 Å². The maximum atomic E-state index is 11.7. The molecule has 1 aromatic carbocycles. The molecule has 0 fully saturated rings. The Morgan fingerprint density at radius 3 is 2.00 bits per heavy atom. The van der Waals surface area contributed by atoms with Gasteiger partial charge < -0.3 is 5.73 Å². The lowest BCUT2D eigenvalue weighted by Crippen LogP contribution is -2.10. The quantitative estimate of drug-likeness (QED) is 0.874. The van der Waals surface area contributed by atoms with Gasteiger partial charge in [0.05, 0.1) is 9.79 Å². The predicted molar refractivity (Wildman–Crippen MR) is 74.7 cm³/mol. The summed E-state index contributed by atoms with van der Waals surface area (Å²) in [5.41, 5.74) is 6.25. The Kier molecular flexibility index (Phi) is 4.76. The van der Waals surface area contributed by atoms with E-state index in [1.807, 2.05) is 6.92 Å². The molecule has 0 spiro atoms. The van der Waals surface area contributed by atoms with Crippen molar-refractivity contribution >= 4 is 19.7 Å². The van der Waals surface area contributed by atoms with Crippen molar-refractivity contribution in [1.29, 1.82) is 0 Å². The van der Waals surface area contributed by atoms with E-state index in [1.54, 1.807) is 6.07 Å². The van der Waals surface area contributed by atoms with Crippen LogP contribution in [-0.4, -0.2) is 35.9 Å². The van der Waals surface area contributed by atoms with Crippen molar-refractivity contribution in [2.45, 2.75) is 29.1 Å². The van der Waals surface area contributed by atoms with E-state index in [0.717, 1.165) is 18.1 Å². The van der Waals surface area contributed by atoms with Crippen LogP contribution in [0.1, 0.15) is 24.8 Å². The van der Waals surface area contributed by atoms with Crippen LogP contribution in [0.5, 0.6) is 0 Å². The summed E-state index contributed by atoms with van der Waals surface area (Å²) in [6.45, 7) is 2.41. The molecule has 0 aliphatic rings. The van der Waals surface area contributed by atoms with Gasteiger partial charge in [-0.3, -0.25) is 0 Å². The first-order valence-electron chi connectivity index (χ1n) is 5.81. The van der Waals surface area contributed by atoms with Crippen LogP contribution in [0.15, 0.2) is 28.0 Å². The Morgan fingerprint density at radius 2 is 1.58 bits per heavy atom. The molecule has 5 nitrogen and oxygen atoms in total. The molecule has 0 amide bonds. The number of nitrogens with two attached hydrogens (primary N) is 1. The highest BCUT2D eigenvalue weighted by molar-refractivity contribution is 7.93. The van der Waals surface area contributed by atoms with Gasteiger partial charge in [0.2, 0.25) is 0 Å². The van der Waals surface area contributed by atoms with Gasteiger partial charge in [0.15, 0.2) is 19.7 Å². The molecule has 108 valence electrons. The lowest BCUT2D eigenvalue weighted by molar-refractivity contribution is 0.588. The first-order chi connectivity index (χ1) is 8.57. The summed E-state index contributed by atoms with van der Waals surface area (Å²) in [6.07, 6.45) is 2.72. The Hall–Kier alpha value is -0.920.